The molecule has 0 aromatic rings. The van der Waals surface area contributed by atoms with Crippen molar-refractivity contribution in [3.8, 4) is 0 Å². The third kappa shape index (κ3) is 5.24. The third-order valence-electron chi connectivity index (χ3n) is 2.12. The summed E-state index contributed by atoms with van der Waals surface area (Å²) in [5, 5.41) is 3.30. The van der Waals surface area contributed by atoms with E-state index in [4.69, 9.17) is 9.47 Å². The van der Waals surface area contributed by atoms with Gasteiger partial charge in [-0.1, -0.05) is 6.92 Å². The van der Waals surface area contributed by atoms with Gasteiger partial charge in [0, 0.05) is 13.2 Å². The van der Waals surface area contributed by atoms with Crippen LogP contribution in [-0.2, 0) is 9.47 Å². The Balaban J connectivity index is 1.78. The van der Waals surface area contributed by atoms with E-state index in [0.29, 0.717) is 6.23 Å². The van der Waals surface area contributed by atoms with E-state index in [2.05, 4.69) is 12.2 Å². The van der Waals surface area contributed by atoms with Crippen LogP contribution in [0.1, 0.15) is 32.6 Å². The molecule has 1 aliphatic rings. The Labute approximate surface area is 80.8 Å². The Hall–Kier alpha value is -0.120. The summed E-state index contributed by atoms with van der Waals surface area (Å²) in [4.78, 5) is 0. The Bertz CT molecular complexity index is 113. The van der Waals surface area contributed by atoms with Crippen LogP contribution in [0.3, 0.4) is 0 Å². The molecular weight excluding hydrogens is 166 g/mol. The molecule has 1 atom stereocenters. The lowest BCUT2D eigenvalue weighted by molar-refractivity contribution is 0.0257. The summed E-state index contributed by atoms with van der Waals surface area (Å²) in [5.74, 6) is 0. The van der Waals surface area contributed by atoms with Crippen LogP contribution < -0.4 is 5.32 Å². The van der Waals surface area contributed by atoms with E-state index < -0.39 is 0 Å². The maximum atomic E-state index is 5.59. The van der Waals surface area contributed by atoms with Gasteiger partial charge in [-0.15, -0.1) is 0 Å². The lowest BCUT2D eigenvalue weighted by atomic mass is 10.4. The molecule has 0 aromatic carbocycles. The van der Waals surface area contributed by atoms with Gasteiger partial charge in [0.2, 0.25) is 0 Å². The molecule has 1 N–H and O–H groups in total. The minimum atomic E-state index is 0.311. The van der Waals surface area contributed by atoms with Crippen LogP contribution in [0.5, 0.6) is 0 Å². The van der Waals surface area contributed by atoms with Gasteiger partial charge >= 0.3 is 0 Å². The Morgan fingerprint density at radius 3 is 2.92 bits per heavy atom. The highest BCUT2D eigenvalue weighted by Gasteiger charge is 2.12. The Morgan fingerprint density at radius 1 is 1.31 bits per heavy atom. The van der Waals surface area contributed by atoms with Crippen LogP contribution in [0, 0.1) is 0 Å². The molecule has 1 heterocycles. The van der Waals surface area contributed by atoms with Gasteiger partial charge in [0.15, 0.2) is 0 Å². The number of hydrogen-bond acceptors (Lipinski definition) is 3. The molecule has 78 valence electrons. The predicted octanol–water partition coefficient (Wildman–Crippen LogP) is 1.53. The minimum absolute atomic E-state index is 0.311. The van der Waals surface area contributed by atoms with E-state index in [1.54, 1.807) is 0 Å². The SMILES string of the molecule is CCCOCCCOC1CCCN1. The van der Waals surface area contributed by atoms with E-state index in [9.17, 15) is 0 Å². The molecule has 3 heteroatoms. The van der Waals surface area contributed by atoms with Crippen LogP contribution >= 0.6 is 0 Å². The van der Waals surface area contributed by atoms with Crippen molar-refractivity contribution in [2.45, 2.75) is 38.8 Å². The second-order valence-corrected chi connectivity index (χ2v) is 3.42. The first-order valence-electron chi connectivity index (χ1n) is 5.36. The van der Waals surface area contributed by atoms with Crippen molar-refractivity contribution < 1.29 is 9.47 Å². The molecule has 0 aromatic heterocycles. The normalized spacial score (nSPS) is 22.4. The summed E-state index contributed by atoms with van der Waals surface area (Å²) in [7, 11) is 0. The molecule has 1 saturated heterocycles. The Morgan fingerprint density at radius 2 is 2.23 bits per heavy atom. The molecule has 1 aliphatic heterocycles. The summed E-state index contributed by atoms with van der Waals surface area (Å²) in [5.41, 5.74) is 0. The molecule has 1 rings (SSSR count). The van der Waals surface area contributed by atoms with Gasteiger partial charge in [-0.3, -0.25) is 5.32 Å². The first-order valence-corrected chi connectivity index (χ1v) is 5.36. The fourth-order valence-corrected chi connectivity index (χ4v) is 1.43. The van der Waals surface area contributed by atoms with E-state index >= 15 is 0 Å². The van der Waals surface area contributed by atoms with Crippen molar-refractivity contribution in [1.82, 2.24) is 5.32 Å². The third-order valence-corrected chi connectivity index (χ3v) is 2.12. The molecule has 0 saturated carbocycles. The zero-order valence-corrected chi connectivity index (χ0v) is 8.55. The van der Waals surface area contributed by atoms with E-state index in [1.165, 1.54) is 6.42 Å². The monoisotopic (exact) mass is 187 g/mol. The first kappa shape index (κ1) is 11.0. The van der Waals surface area contributed by atoms with Gasteiger partial charge in [-0.2, -0.15) is 0 Å². The zero-order valence-electron chi connectivity index (χ0n) is 8.55. The lowest BCUT2D eigenvalue weighted by Crippen LogP contribution is -2.25. The average Bonchev–Trinajstić information content (AvgIpc) is 2.63. The topological polar surface area (TPSA) is 30.5 Å². The smallest absolute Gasteiger partial charge is 0.108 e. The molecule has 0 aliphatic carbocycles. The zero-order chi connectivity index (χ0) is 9.36. The van der Waals surface area contributed by atoms with E-state index in [1.807, 2.05) is 0 Å². The highest BCUT2D eigenvalue weighted by Crippen LogP contribution is 2.06. The maximum Gasteiger partial charge on any atom is 0.108 e. The summed E-state index contributed by atoms with van der Waals surface area (Å²) in [6.45, 7) is 5.76. The van der Waals surface area contributed by atoms with Crippen molar-refractivity contribution in [2.24, 2.45) is 0 Å². The number of rotatable bonds is 7. The summed E-state index contributed by atoms with van der Waals surface area (Å²) in [6, 6.07) is 0. The Kier molecular flexibility index (Phi) is 6.15. The van der Waals surface area contributed by atoms with Gasteiger partial charge in [0.25, 0.3) is 0 Å². The van der Waals surface area contributed by atoms with Gasteiger partial charge in [0.1, 0.15) is 6.23 Å². The van der Waals surface area contributed by atoms with Crippen molar-refractivity contribution in [1.29, 1.82) is 0 Å². The summed E-state index contributed by atoms with van der Waals surface area (Å²) >= 11 is 0. The quantitative estimate of drug-likeness (QED) is 0.613. The number of nitrogens with one attached hydrogen (secondary N) is 1. The highest BCUT2D eigenvalue weighted by atomic mass is 16.5. The molecule has 13 heavy (non-hydrogen) atoms. The number of hydrogen-bond donors (Lipinski definition) is 1. The second-order valence-electron chi connectivity index (χ2n) is 3.42. The summed E-state index contributed by atoms with van der Waals surface area (Å²) < 4.78 is 10.9. The molecule has 0 radical (unpaired) electrons. The van der Waals surface area contributed by atoms with E-state index in [0.717, 1.165) is 45.6 Å². The van der Waals surface area contributed by atoms with Gasteiger partial charge in [-0.25, -0.2) is 0 Å². The van der Waals surface area contributed by atoms with Gasteiger partial charge in [0.05, 0.1) is 6.61 Å². The number of ether oxygens (including phenoxy) is 2. The largest absolute Gasteiger partial charge is 0.381 e. The molecule has 0 amide bonds. The van der Waals surface area contributed by atoms with Crippen molar-refractivity contribution in [3.63, 3.8) is 0 Å². The van der Waals surface area contributed by atoms with Crippen molar-refractivity contribution in [2.75, 3.05) is 26.4 Å². The van der Waals surface area contributed by atoms with Crippen LogP contribution in [0.25, 0.3) is 0 Å². The van der Waals surface area contributed by atoms with Crippen LogP contribution in [0.4, 0.5) is 0 Å². The molecule has 1 fully saturated rings. The highest BCUT2D eigenvalue weighted by molar-refractivity contribution is 4.64. The molecule has 0 bridgehead atoms. The second kappa shape index (κ2) is 7.30. The molecule has 1 unspecified atom stereocenters. The first-order chi connectivity index (χ1) is 6.43. The summed E-state index contributed by atoms with van der Waals surface area (Å²) in [6.07, 6.45) is 4.84. The van der Waals surface area contributed by atoms with Crippen LogP contribution in [0.2, 0.25) is 0 Å². The van der Waals surface area contributed by atoms with Crippen LogP contribution in [0.15, 0.2) is 0 Å². The average molecular weight is 187 g/mol. The molecule has 3 nitrogen and oxygen atoms in total. The van der Waals surface area contributed by atoms with Gasteiger partial charge in [-0.05, 0) is 32.2 Å². The van der Waals surface area contributed by atoms with Gasteiger partial charge < -0.3 is 9.47 Å². The molecular formula is C10H21NO2. The fraction of sp³-hybridized carbons (Fsp3) is 1.00. The van der Waals surface area contributed by atoms with E-state index in [-0.39, 0.29) is 0 Å². The fourth-order valence-electron chi connectivity index (χ4n) is 1.43. The molecule has 0 spiro atoms. The van der Waals surface area contributed by atoms with Crippen LogP contribution in [-0.4, -0.2) is 32.6 Å². The predicted molar refractivity (Wildman–Crippen MR) is 52.7 cm³/mol. The van der Waals surface area contributed by atoms with Crippen molar-refractivity contribution in [3.05, 3.63) is 0 Å². The lowest BCUT2D eigenvalue weighted by Gasteiger charge is -2.11. The maximum absolute atomic E-state index is 5.59. The minimum Gasteiger partial charge on any atom is -0.381 e. The van der Waals surface area contributed by atoms with Crippen molar-refractivity contribution >= 4 is 0 Å². The standard InChI is InChI=1S/C10H21NO2/c1-2-7-12-8-4-9-13-10-5-3-6-11-10/h10-11H,2-9H2,1H3.